The molecule has 2 aliphatic heterocycles. The van der Waals surface area contributed by atoms with Gasteiger partial charge < -0.3 is 15.0 Å². The molecule has 2 aliphatic rings. The van der Waals surface area contributed by atoms with Gasteiger partial charge in [0.05, 0.1) is 29.3 Å². The van der Waals surface area contributed by atoms with Gasteiger partial charge in [-0.2, -0.15) is 4.31 Å². The molecule has 1 aromatic carbocycles. The minimum absolute atomic E-state index is 0.158. The summed E-state index contributed by atoms with van der Waals surface area (Å²) in [6, 6.07) is 5.18. The van der Waals surface area contributed by atoms with Gasteiger partial charge in [0.1, 0.15) is 0 Å². The summed E-state index contributed by atoms with van der Waals surface area (Å²) in [6.45, 7) is 8.07. The molecule has 0 unspecified atom stereocenters. The van der Waals surface area contributed by atoms with Crippen molar-refractivity contribution in [3.8, 4) is 0 Å². The molecule has 0 bridgehead atoms. The van der Waals surface area contributed by atoms with E-state index in [0.29, 0.717) is 37.9 Å². The molecule has 0 radical (unpaired) electrons. The SMILES string of the molecule is CC(C)COCCC(=O)Nc1cc(S(=O)(=O)N2CCCCC2)ccc1N1CCCCC1. The number of piperidine rings is 2. The second-order valence-corrected chi connectivity index (χ2v) is 10.9. The molecule has 1 N–H and O–H groups in total. The maximum Gasteiger partial charge on any atom is 0.243 e. The normalized spacial score (nSPS) is 18.4. The highest BCUT2D eigenvalue weighted by Crippen LogP contribution is 2.32. The summed E-state index contributed by atoms with van der Waals surface area (Å²) in [5.41, 5.74) is 1.47. The Bertz CT molecular complexity index is 829. The number of ether oxygens (including phenoxy) is 1. The molecule has 7 nitrogen and oxygen atoms in total. The van der Waals surface area contributed by atoms with Gasteiger partial charge >= 0.3 is 0 Å². The molecule has 0 atom stereocenters. The van der Waals surface area contributed by atoms with Gasteiger partial charge in [0.15, 0.2) is 0 Å². The third kappa shape index (κ3) is 6.67. The van der Waals surface area contributed by atoms with Crippen LogP contribution >= 0.6 is 0 Å². The van der Waals surface area contributed by atoms with Gasteiger partial charge in [0, 0.05) is 32.8 Å². The number of carbonyl (C=O) groups excluding carboxylic acids is 1. The van der Waals surface area contributed by atoms with E-state index in [1.807, 2.05) is 6.07 Å². The van der Waals surface area contributed by atoms with Crippen molar-refractivity contribution in [2.24, 2.45) is 5.92 Å². The van der Waals surface area contributed by atoms with E-state index in [9.17, 15) is 13.2 Å². The number of nitrogens with one attached hydrogen (secondary N) is 1. The Balaban J connectivity index is 1.79. The molecule has 0 spiro atoms. The number of sulfonamides is 1. The number of amides is 1. The Morgan fingerprint density at radius 1 is 1.03 bits per heavy atom. The zero-order valence-corrected chi connectivity index (χ0v) is 19.8. The standard InChI is InChI=1S/C23H37N3O4S/c1-19(2)18-30-16-11-23(27)24-21-17-20(31(28,29)26-14-7-4-8-15-26)9-10-22(21)25-12-5-3-6-13-25/h9-10,17,19H,3-8,11-16,18H2,1-2H3,(H,24,27). The first-order valence-corrected chi connectivity index (χ1v) is 13.1. The molecule has 2 fully saturated rings. The molecular weight excluding hydrogens is 414 g/mol. The van der Waals surface area contributed by atoms with Gasteiger partial charge in [-0.15, -0.1) is 0 Å². The predicted octanol–water partition coefficient (Wildman–Crippen LogP) is 3.85. The molecule has 2 saturated heterocycles. The highest BCUT2D eigenvalue weighted by atomic mass is 32.2. The molecule has 31 heavy (non-hydrogen) atoms. The fourth-order valence-electron chi connectivity index (χ4n) is 4.14. The lowest BCUT2D eigenvalue weighted by Crippen LogP contribution is -2.36. The molecule has 2 heterocycles. The van der Waals surface area contributed by atoms with Crippen LogP contribution in [-0.4, -0.2) is 58.0 Å². The van der Waals surface area contributed by atoms with E-state index < -0.39 is 10.0 Å². The summed E-state index contributed by atoms with van der Waals surface area (Å²) in [5, 5.41) is 2.97. The summed E-state index contributed by atoms with van der Waals surface area (Å²) < 4.78 is 33.4. The maximum absolute atomic E-state index is 13.2. The first-order chi connectivity index (χ1) is 14.9. The first-order valence-electron chi connectivity index (χ1n) is 11.6. The van der Waals surface area contributed by atoms with Crippen LogP contribution in [0, 0.1) is 5.92 Å². The monoisotopic (exact) mass is 451 g/mol. The van der Waals surface area contributed by atoms with Crippen LogP contribution < -0.4 is 10.2 Å². The molecule has 0 aliphatic carbocycles. The maximum atomic E-state index is 13.2. The van der Waals surface area contributed by atoms with Gasteiger partial charge in [-0.05, 0) is 56.2 Å². The van der Waals surface area contributed by atoms with E-state index in [-0.39, 0.29) is 17.2 Å². The van der Waals surface area contributed by atoms with E-state index in [2.05, 4.69) is 24.1 Å². The lowest BCUT2D eigenvalue weighted by Gasteiger charge is -2.31. The van der Waals surface area contributed by atoms with Crippen molar-refractivity contribution in [3.05, 3.63) is 18.2 Å². The third-order valence-electron chi connectivity index (χ3n) is 5.82. The Hall–Kier alpha value is -1.64. The molecule has 3 rings (SSSR count). The third-order valence-corrected chi connectivity index (χ3v) is 7.71. The van der Waals surface area contributed by atoms with Crippen LogP contribution in [0.3, 0.4) is 0 Å². The first kappa shape index (κ1) is 24.0. The van der Waals surface area contributed by atoms with E-state index in [1.165, 1.54) is 6.42 Å². The number of carbonyl (C=O) groups is 1. The van der Waals surface area contributed by atoms with Gasteiger partial charge in [-0.25, -0.2) is 8.42 Å². The lowest BCUT2D eigenvalue weighted by atomic mass is 10.1. The van der Waals surface area contributed by atoms with Gasteiger partial charge in [-0.1, -0.05) is 20.3 Å². The molecule has 0 saturated carbocycles. The summed E-state index contributed by atoms with van der Waals surface area (Å²) >= 11 is 0. The average molecular weight is 452 g/mol. The minimum Gasteiger partial charge on any atom is -0.381 e. The van der Waals surface area contributed by atoms with Crippen molar-refractivity contribution in [2.75, 3.05) is 49.6 Å². The van der Waals surface area contributed by atoms with Crippen LogP contribution in [0.2, 0.25) is 0 Å². The van der Waals surface area contributed by atoms with E-state index >= 15 is 0 Å². The second-order valence-electron chi connectivity index (χ2n) is 8.96. The summed E-state index contributed by atoms with van der Waals surface area (Å²) in [4.78, 5) is 15.1. The van der Waals surface area contributed by atoms with Crippen molar-refractivity contribution in [1.82, 2.24) is 4.31 Å². The Labute approximate surface area is 187 Å². The largest absolute Gasteiger partial charge is 0.381 e. The highest BCUT2D eigenvalue weighted by Gasteiger charge is 2.27. The summed E-state index contributed by atoms with van der Waals surface area (Å²) in [5.74, 6) is 0.264. The Morgan fingerprint density at radius 2 is 1.68 bits per heavy atom. The zero-order chi connectivity index (χ0) is 22.3. The number of hydrogen-bond donors (Lipinski definition) is 1. The van der Waals surface area contributed by atoms with Crippen molar-refractivity contribution in [2.45, 2.75) is 63.7 Å². The Kier molecular flexibility index (Phi) is 8.75. The second kappa shape index (κ2) is 11.3. The zero-order valence-electron chi connectivity index (χ0n) is 18.9. The molecule has 1 aromatic rings. The smallest absolute Gasteiger partial charge is 0.243 e. The van der Waals surface area contributed by atoms with E-state index in [0.717, 1.165) is 50.9 Å². The van der Waals surface area contributed by atoms with Crippen molar-refractivity contribution < 1.29 is 17.9 Å². The molecule has 1 amide bonds. The number of benzene rings is 1. The van der Waals surface area contributed by atoms with Crippen LogP contribution in [-0.2, 0) is 19.6 Å². The molecule has 0 aromatic heterocycles. The molecule has 8 heteroatoms. The number of rotatable bonds is 9. The fourth-order valence-corrected chi connectivity index (χ4v) is 5.68. The molecule has 174 valence electrons. The van der Waals surface area contributed by atoms with Crippen molar-refractivity contribution in [1.29, 1.82) is 0 Å². The van der Waals surface area contributed by atoms with Crippen molar-refractivity contribution >= 4 is 27.3 Å². The summed E-state index contributed by atoms with van der Waals surface area (Å²) in [7, 11) is -3.56. The van der Waals surface area contributed by atoms with Crippen LogP contribution in [0.15, 0.2) is 23.1 Å². The number of nitrogens with zero attached hydrogens (tertiary/aromatic N) is 2. The fraction of sp³-hybridized carbons (Fsp3) is 0.696. The van der Waals surface area contributed by atoms with Gasteiger partial charge in [-0.3, -0.25) is 4.79 Å². The van der Waals surface area contributed by atoms with Gasteiger partial charge in [0.2, 0.25) is 15.9 Å². The van der Waals surface area contributed by atoms with Crippen molar-refractivity contribution in [3.63, 3.8) is 0 Å². The van der Waals surface area contributed by atoms with E-state index in [4.69, 9.17) is 4.74 Å². The average Bonchev–Trinajstić information content (AvgIpc) is 2.78. The van der Waals surface area contributed by atoms with E-state index in [1.54, 1.807) is 16.4 Å². The van der Waals surface area contributed by atoms with Crippen LogP contribution in [0.25, 0.3) is 0 Å². The van der Waals surface area contributed by atoms with Crippen LogP contribution in [0.1, 0.15) is 58.8 Å². The lowest BCUT2D eigenvalue weighted by molar-refractivity contribution is -0.117. The predicted molar refractivity (Wildman–Crippen MR) is 124 cm³/mol. The highest BCUT2D eigenvalue weighted by molar-refractivity contribution is 7.89. The summed E-state index contributed by atoms with van der Waals surface area (Å²) in [6.07, 6.45) is 6.51. The van der Waals surface area contributed by atoms with Gasteiger partial charge in [0.25, 0.3) is 0 Å². The quantitative estimate of drug-likeness (QED) is 0.577. The minimum atomic E-state index is -3.56. The Morgan fingerprint density at radius 3 is 2.32 bits per heavy atom. The topological polar surface area (TPSA) is 78.9 Å². The number of anilines is 2. The number of hydrogen-bond acceptors (Lipinski definition) is 5. The van der Waals surface area contributed by atoms with Crippen LogP contribution in [0.4, 0.5) is 11.4 Å². The van der Waals surface area contributed by atoms with Crippen LogP contribution in [0.5, 0.6) is 0 Å². The molecular formula is C23H37N3O4S.